The zero-order valence-electron chi connectivity index (χ0n) is 19.8. The molecule has 0 radical (unpaired) electrons. The van der Waals surface area contributed by atoms with Crippen molar-refractivity contribution in [1.82, 2.24) is 9.80 Å². The third-order valence-corrected chi connectivity index (χ3v) is 11.3. The van der Waals surface area contributed by atoms with E-state index in [2.05, 4.69) is 33.9 Å². The SMILES string of the molecule is CC(C)[C@@H]1[C@@H](CO[Si](C)(C)C(C)(C)C)N(Cc2ccccc2)C(=O)[C@H](O)N1C(=O)CCl. The number of aliphatic hydroxyl groups excluding tert-OH is 1. The molecule has 0 spiro atoms. The zero-order valence-corrected chi connectivity index (χ0v) is 21.5. The van der Waals surface area contributed by atoms with Crippen molar-refractivity contribution >= 4 is 31.7 Å². The molecule has 3 atom stereocenters. The van der Waals surface area contributed by atoms with Crippen LogP contribution in [0.25, 0.3) is 0 Å². The minimum Gasteiger partial charge on any atom is -0.415 e. The molecule has 1 aromatic carbocycles. The van der Waals surface area contributed by atoms with Gasteiger partial charge in [-0.25, -0.2) is 0 Å². The third kappa shape index (κ3) is 5.69. The van der Waals surface area contributed by atoms with E-state index in [0.717, 1.165) is 5.56 Å². The van der Waals surface area contributed by atoms with Gasteiger partial charge in [0.1, 0.15) is 5.88 Å². The first kappa shape index (κ1) is 25.8. The smallest absolute Gasteiger partial charge is 0.273 e. The fourth-order valence-electron chi connectivity index (χ4n) is 3.77. The zero-order chi connectivity index (χ0) is 23.6. The quantitative estimate of drug-likeness (QED) is 0.487. The molecule has 0 unspecified atom stereocenters. The number of piperazine rings is 1. The Balaban J connectivity index is 2.47. The van der Waals surface area contributed by atoms with Gasteiger partial charge >= 0.3 is 0 Å². The summed E-state index contributed by atoms with van der Waals surface area (Å²) in [5.74, 6) is -1.25. The first-order valence-electron chi connectivity index (χ1n) is 10.9. The molecule has 2 amide bonds. The Bertz CT molecular complexity index is 767. The van der Waals surface area contributed by atoms with Gasteiger partial charge in [0, 0.05) is 6.54 Å². The van der Waals surface area contributed by atoms with Crippen molar-refractivity contribution in [3.63, 3.8) is 0 Å². The first-order chi connectivity index (χ1) is 14.3. The maximum Gasteiger partial charge on any atom is 0.273 e. The van der Waals surface area contributed by atoms with Crippen LogP contribution in [0.1, 0.15) is 40.2 Å². The number of amides is 2. The summed E-state index contributed by atoms with van der Waals surface area (Å²) in [4.78, 5) is 28.8. The molecule has 1 saturated heterocycles. The largest absolute Gasteiger partial charge is 0.415 e. The number of benzene rings is 1. The number of hydrogen-bond acceptors (Lipinski definition) is 4. The van der Waals surface area contributed by atoms with E-state index >= 15 is 0 Å². The number of carbonyl (C=O) groups is 2. The molecule has 1 heterocycles. The molecule has 0 bridgehead atoms. The van der Waals surface area contributed by atoms with Crippen LogP contribution in [0.3, 0.4) is 0 Å². The molecule has 0 saturated carbocycles. The van der Waals surface area contributed by atoms with Gasteiger partial charge in [-0.3, -0.25) is 9.59 Å². The minimum atomic E-state index is -2.10. The van der Waals surface area contributed by atoms with Gasteiger partial charge in [-0.2, -0.15) is 0 Å². The fraction of sp³-hybridized carbons (Fsp3) is 0.652. The molecular formula is C23H37ClN2O4Si. The minimum absolute atomic E-state index is 0.00836. The summed E-state index contributed by atoms with van der Waals surface area (Å²) < 4.78 is 6.52. The van der Waals surface area contributed by atoms with Crippen LogP contribution in [0, 0.1) is 5.92 Å². The molecule has 0 aromatic heterocycles. The van der Waals surface area contributed by atoms with Gasteiger partial charge in [-0.05, 0) is 29.6 Å². The number of rotatable bonds is 7. The normalized spacial score (nSPS) is 22.9. The Kier molecular flexibility index (Phi) is 8.36. The Morgan fingerprint density at radius 2 is 1.81 bits per heavy atom. The molecule has 1 aliphatic rings. The molecule has 0 aliphatic carbocycles. The summed E-state index contributed by atoms with van der Waals surface area (Å²) >= 11 is 5.84. The van der Waals surface area contributed by atoms with E-state index in [4.69, 9.17) is 16.0 Å². The lowest BCUT2D eigenvalue weighted by atomic mass is 9.90. The number of hydrogen-bond donors (Lipinski definition) is 1. The average molecular weight is 469 g/mol. The molecule has 174 valence electrons. The van der Waals surface area contributed by atoms with Gasteiger partial charge in [0.2, 0.25) is 12.1 Å². The highest BCUT2D eigenvalue weighted by atomic mass is 35.5. The van der Waals surface area contributed by atoms with Crippen LogP contribution in [0.5, 0.6) is 0 Å². The average Bonchev–Trinajstić information content (AvgIpc) is 2.69. The van der Waals surface area contributed by atoms with Gasteiger partial charge < -0.3 is 19.3 Å². The van der Waals surface area contributed by atoms with E-state index in [1.807, 2.05) is 44.2 Å². The number of nitrogens with zero attached hydrogens (tertiary/aromatic N) is 2. The molecule has 8 heteroatoms. The molecular weight excluding hydrogens is 432 g/mol. The van der Waals surface area contributed by atoms with Gasteiger partial charge in [0.05, 0.1) is 18.7 Å². The topological polar surface area (TPSA) is 70.1 Å². The lowest BCUT2D eigenvalue weighted by Gasteiger charge is -2.51. The van der Waals surface area contributed by atoms with Gasteiger partial charge in [0.25, 0.3) is 5.91 Å². The molecule has 1 aromatic rings. The van der Waals surface area contributed by atoms with Crippen molar-refractivity contribution in [1.29, 1.82) is 0 Å². The summed E-state index contributed by atoms with van der Waals surface area (Å²) in [6.45, 7) is 15.5. The van der Waals surface area contributed by atoms with Crippen LogP contribution in [0.2, 0.25) is 18.1 Å². The Hall–Kier alpha value is -1.41. The van der Waals surface area contributed by atoms with Crippen molar-refractivity contribution in [3.8, 4) is 0 Å². The van der Waals surface area contributed by atoms with E-state index in [1.165, 1.54) is 4.90 Å². The maximum absolute atomic E-state index is 13.3. The van der Waals surface area contributed by atoms with Crippen LogP contribution in [0.4, 0.5) is 0 Å². The van der Waals surface area contributed by atoms with E-state index < -0.39 is 38.4 Å². The van der Waals surface area contributed by atoms with Crippen molar-refractivity contribution < 1.29 is 19.1 Å². The fourth-order valence-corrected chi connectivity index (χ4v) is 4.93. The molecule has 1 N–H and O–H groups in total. The number of carbonyl (C=O) groups excluding carboxylic acids is 2. The molecule has 2 rings (SSSR count). The van der Waals surface area contributed by atoms with Crippen molar-refractivity contribution in [2.24, 2.45) is 5.92 Å². The summed E-state index contributed by atoms with van der Waals surface area (Å²) in [7, 11) is -2.10. The maximum atomic E-state index is 13.3. The number of alkyl halides is 1. The van der Waals surface area contributed by atoms with Crippen molar-refractivity contribution in [2.75, 3.05) is 12.5 Å². The molecule has 6 nitrogen and oxygen atoms in total. The standard InChI is InChI=1S/C23H37ClN2O4Si/c1-16(2)20-18(15-30-31(6,7)23(3,4)5)25(14-17-11-9-8-10-12-17)21(28)22(29)26(20)19(27)13-24/h8-12,16,18,20,22,29H,13-15H2,1-7H3/t18-,20-,22+/m1/s1. The predicted molar refractivity (Wildman–Crippen MR) is 126 cm³/mol. The van der Waals surface area contributed by atoms with E-state index in [1.54, 1.807) is 4.90 Å². The van der Waals surface area contributed by atoms with Gasteiger partial charge in [-0.1, -0.05) is 65.0 Å². The second-order valence-electron chi connectivity index (χ2n) is 10.1. The highest BCUT2D eigenvalue weighted by Gasteiger charge is 2.50. The van der Waals surface area contributed by atoms with Crippen molar-refractivity contribution in [2.45, 2.75) is 77.6 Å². The Morgan fingerprint density at radius 3 is 2.29 bits per heavy atom. The lowest BCUT2D eigenvalue weighted by Crippen LogP contribution is -2.70. The van der Waals surface area contributed by atoms with Crippen LogP contribution in [0.15, 0.2) is 30.3 Å². The second kappa shape index (κ2) is 10.0. The molecule has 1 fully saturated rings. The van der Waals surface area contributed by atoms with Crippen LogP contribution in [-0.4, -0.2) is 65.8 Å². The predicted octanol–water partition coefficient (Wildman–Crippen LogP) is 3.83. The molecule has 1 aliphatic heterocycles. The Morgan fingerprint density at radius 1 is 1.23 bits per heavy atom. The summed E-state index contributed by atoms with van der Waals surface area (Å²) in [6, 6.07) is 8.87. The summed E-state index contributed by atoms with van der Waals surface area (Å²) in [5, 5.41) is 10.8. The van der Waals surface area contributed by atoms with Crippen molar-refractivity contribution in [3.05, 3.63) is 35.9 Å². The molecule has 31 heavy (non-hydrogen) atoms. The van der Waals surface area contributed by atoms with Gasteiger partial charge in [0.15, 0.2) is 8.32 Å². The highest BCUT2D eigenvalue weighted by molar-refractivity contribution is 6.74. The van der Waals surface area contributed by atoms with E-state index in [-0.39, 0.29) is 16.8 Å². The Labute approximate surface area is 192 Å². The third-order valence-electron chi connectivity index (χ3n) is 6.59. The summed E-state index contributed by atoms with van der Waals surface area (Å²) in [5.41, 5.74) is 0.958. The van der Waals surface area contributed by atoms with Gasteiger partial charge in [-0.15, -0.1) is 11.6 Å². The first-order valence-corrected chi connectivity index (χ1v) is 14.3. The monoisotopic (exact) mass is 468 g/mol. The number of halogens is 1. The highest BCUT2D eigenvalue weighted by Crippen LogP contribution is 2.38. The summed E-state index contributed by atoms with van der Waals surface area (Å²) in [6.07, 6.45) is -1.55. The van der Waals surface area contributed by atoms with Crippen LogP contribution in [-0.2, 0) is 20.6 Å². The number of aliphatic hydroxyl groups is 1. The second-order valence-corrected chi connectivity index (χ2v) is 15.2. The van der Waals surface area contributed by atoms with Crippen LogP contribution >= 0.6 is 11.6 Å². The van der Waals surface area contributed by atoms with E-state index in [9.17, 15) is 14.7 Å². The van der Waals surface area contributed by atoms with E-state index in [0.29, 0.717) is 13.2 Å². The lowest BCUT2D eigenvalue weighted by molar-refractivity contribution is -0.184. The van der Waals surface area contributed by atoms with Crippen LogP contribution < -0.4 is 0 Å².